The highest BCUT2D eigenvalue weighted by Gasteiger charge is 2.11. The Hall–Kier alpha value is -3.53. The van der Waals surface area contributed by atoms with Crippen molar-refractivity contribution in [3.8, 4) is 17.1 Å². The minimum absolute atomic E-state index is 0.170. The summed E-state index contributed by atoms with van der Waals surface area (Å²) in [5, 5.41) is 12.5. The SMILES string of the molecule is COc1ccc(-c2n[nH]c(=S)n2CCC(=O)NCCC(=O)Nc2cccnc2)cc1. The lowest BCUT2D eigenvalue weighted by Gasteiger charge is -2.09. The number of aromatic amines is 1. The zero-order valence-corrected chi connectivity index (χ0v) is 17.2. The number of aromatic nitrogens is 4. The number of pyridine rings is 1. The van der Waals surface area contributed by atoms with Gasteiger partial charge in [0.1, 0.15) is 5.75 Å². The summed E-state index contributed by atoms with van der Waals surface area (Å²) in [6, 6.07) is 10.9. The third-order valence-corrected chi connectivity index (χ3v) is 4.60. The predicted molar refractivity (Wildman–Crippen MR) is 115 cm³/mol. The van der Waals surface area contributed by atoms with Gasteiger partial charge in [-0.15, -0.1) is 0 Å². The first-order chi connectivity index (χ1) is 14.6. The van der Waals surface area contributed by atoms with Gasteiger partial charge in [0.05, 0.1) is 19.0 Å². The van der Waals surface area contributed by atoms with Crippen LogP contribution in [0.15, 0.2) is 48.8 Å². The van der Waals surface area contributed by atoms with Crippen LogP contribution in [0.25, 0.3) is 11.4 Å². The fourth-order valence-corrected chi connectivity index (χ4v) is 2.99. The van der Waals surface area contributed by atoms with Crippen LogP contribution >= 0.6 is 12.2 Å². The standard InChI is InChI=1S/C20H22N6O3S/c1-29-16-6-4-14(5-7-16)19-24-25-20(30)26(19)12-9-17(27)22-11-8-18(28)23-15-3-2-10-21-13-15/h2-7,10,13H,8-9,11-12H2,1H3,(H,22,27)(H,23,28)(H,25,30). The van der Waals surface area contributed by atoms with Gasteiger partial charge in [-0.25, -0.2) is 0 Å². The van der Waals surface area contributed by atoms with E-state index in [1.165, 1.54) is 0 Å². The van der Waals surface area contributed by atoms with Gasteiger partial charge >= 0.3 is 0 Å². The number of H-pyrrole nitrogens is 1. The molecule has 2 amide bonds. The highest BCUT2D eigenvalue weighted by Crippen LogP contribution is 2.21. The quantitative estimate of drug-likeness (QED) is 0.453. The van der Waals surface area contributed by atoms with Crippen LogP contribution in [0.2, 0.25) is 0 Å². The molecule has 0 bridgehead atoms. The molecule has 30 heavy (non-hydrogen) atoms. The number of rotatable bonds is 9. The number of carbonyl (C=O) groups excluding carboxylic acids is 2. The molecule has 156 valence electrons. The average molecular weight is 427 g/mol. The summed E-state index contributed by atoms with van der Waals surface area (Å²) in [6.45, 7) is 0.609. The minimum Gasteiger partial charge on any atom is -0.497 e. The second-order valence-electron chi connectivity index (χ2n) is 6.37. The van der Waals surface area contributed by atoms with E-state index in [9.17, 15) is 9.59 Å². The lowest BCUT2D eigenvalue weighted by atomic mass is 10.2. The van der Waals surface area contributed by atoms with Crippen molar-refractivity contribution in [1.29, 1.82) is 0 Å². The summed E-state index contributed by atoms with van der Waals surface area (Å²) >= 11 is 5.29. The Balaban J connectivity index is 1.48. The molecule has 2 aromatic heterocycles. The molecule has 0 aliphatic rings. The number of benzene rings is 1. The van der Waals surface area contributed by atoms with Gasteiger partial charge in [0.2, 0.25) is 11.8 Å². The van der Waals surface area contributed by atoms with Crippen LogP contribution in [0.5, 0.6) is 5.75 Å². The lowest BCUT2D eigenvalue weighted by molar-refractivity contribution is -0.121. The normalized spacial score (nSPS) is 10.4. The molecule has 1 aromatic carbocycles. The van der Waals surface area contributed by atoms with Crippen molar-refractivity contribution in [2.45, 2.75) is 19.4 Å². The van der Waals surface area contributed by atoms with Gasteiger partial charge < -0.3 is 15.4 Å². The molecule has 0 aliphatic heterocycles. The van der Waals surface area contributed by atoms with Crippen LogP contribution in [0.1, 0.15) is 12.8 Å². The number of hydrogen-bond acceptors (Lipinski definition) is 6. The molecule has 0 atom stereocenters. The molecule has 9 nitrogen and oxygen atoms in total. The van der Waals surface area contributed by atoms with Gasteiger partial charge in [-0.3, -0.25) is 24.2 Å². The van der Waals surface area contributed by atoms with Gasteiger partial charge in [-0.1, -0.05) is 0 Å². The molecule has 0 radical (unpaired) electrons. The van der Waals surface area contributed by atoms with E-state index in [0.29, 0.717) is 22.8 Å². The highest BCUT2D eigenvalue weighted by atomic mass is 32.1. The molecule has 2 heterocycles. The van der Waals surface area contributed by atoms with Gasteiger partial charge in [0.25, 0.3) is 0 Å². The maximum Gasteiger partial charge on any atom is 0.226 e. The van der Waals surface area contributed by atoms with E-state index in [1.807, 2.05) is 24.3 Å². The first-order valence-electron chi connectivity index (χ1n) is 9.33. The van der Waals surface area contributed by atoms with Crippen LogP contribution in [0, 0.1) is 4.77 Å². The number of ether oxygens (including phenoxy) is 1. The van der Waals surface area contributed by atoms with Gasteiger partial charge in [0, 0.05) is 37.7 Å². The second kappa shape index (κ2) is 10.3. The fraction of sp³-hybridized carbons (Fsp3) is 0.250. The van der Waals surface area contributed by atoms with Crippen molar-refractivity contribution < 1.29 is 14.3 Å². The highest BCUT2D eigenvalue weighted by molar-refractivity contribution is 7.71. The van der Waals surface area contributed by atoms with Crippen molar-refractivity contribution >= 4 is 29.7 Å². The summed E-state index contributed by atoms with van der Waals surface area (Å²) in [6.07, 6.45) is 3.57. The Morgan fingerprint density at radius 2 is 1.97 bits per heavy atom. The Kier molecular flexibility index (Phi) is 7.28. The molecular weight excluding hydrogens is 404 g/mol. The van der Waals surface area contributed by atoms with Crippen LogP contribution < -0.4 is 15.4 Å². The molecule has 3 rings (SSSR count). The van der Waals surface area contributed by atoms with E-state index in [1.54, 1.807) is 36.2 Å². The molecular formula is C20H22N6O3S. The number of carbonyl (C=O) groups is 2. The Bertz CT molecular complexity index is 1050. The number of hydrogen-bond donors (Lipinski definition) is 3. The van der Waals surface area contributed by atoms with Crippen molar-refractivity contribution in [3.05, 3.63) is 53.6 Å². The van der Waals surface area contributed by atoms with E-state index in [-0.39, 0.29) is 31.2 Å². The monoisotopic (exact) mass is 426 g/mol. The lowest BCUT2D eigenvalue weighted by Crippen LogP contribution is -2.28. The molecule has 0 spiro atoms. The smallest absolute Gasteiger partial charge is 0.226 e. The summed E-state index contributed by atoms with van der Waals surface area (Å²) in [5.41, 5.74) is 1.48. The summed E-state index contributed by atoms with van der Waals surface area (Å²) in [4.78, 5) is 28.0. The van der Waals surface area contributed by atoms with Crippen molar-refractivity contribution in [2.24, 2.45) is 0 Å². The van der Waals surface area contributed by atoms with Crippen LogP contribution in [0.3, 0.4) is 0 Å². The van der Waals surface area contributed by atoms with E-state index in [4.69, 9.17) is 17.0 Å². The molecule has 0 aliphatic carbocycles. The predicted octanol–water partition coefficient (Wildman–Crippen LogP) is 2.55. The molecule has 0 fully saturated rings. The number of methoxy groups -OCH3 is 1. The molecule has 0 unspecified atom stereocenters. The zero-order valence-electron chi connectivity index (χ0n) is 16.4. The number of amides is 2. The molecule has 0 saturated heterocycles. The van der Waals surface area contributed by atoms with Gasteiger partial charge in [0.15, 0.2) is 10.6 Å². The molecule has 0 saturated carbocycles. The first-order valence-corrected chi connectivity index (χ1v) is 9.74. The maximum atomic E-state index is 12.2. The van der Waals surface area contributed by atoms with Crippen molar-refractivity contribution in [1.82, 2.24) is 25.1 Å². The summed E-state index contributed by atoms with van der Waals surface area (Å²) < 4.78 is 7.37. The number of nitrogens with one attached hydrogen (secondary N) is 3. The largest absolute Gasteiger partial charge is 0.497 e. The molecule has 3 N–H and O–H groups in total. The molecule has 3 aromatic rings. The van der Waals surface area contributed by atoms with Crippen molar-refractivity contribution in [3.63, 3.8) is 0 Å². The van der Waals surface area contributed by atoms with E-state index in [2.05, 4.69) is 25.8 Å². The summed E-state index contributed by atoms with van der Waals surface area (Å²) in [5.74, 6) is 1.02. The first kappa shape index (κ1) is 21.2. The van der Waals surface area contributed by atoms with Gasteiger partial charge in [-0.2, -0.15) is 5.10 Å². The van der Waals surface area contributed by atoms with E-state index >= 15 is 0 Å². The van der Waals surface area contributed by atoms with Gasteiger partial charge in [-0.05, 0) is 48.6 Å². The second-order valence-corrected chi connectivity index (χ2v) is 6.76. The third-order valence-electron chi connectivity index (χ3n) is 4.29. The molecule has 10 heteroatoms. The summed E-state index contributed by atoms with van der Waals surface area (Å²) in [7, 11) is 1.60. The maximum absolute atomic E-state index is 12.2. The van der Waals surface area contributed by atoms with Crippen molar-refractivity contribution in [2.75, 3.05) is 19.0 Å². The number of anilines is 1. The van der Waals surface area contributed by atoms with E-state index in [0.717, 1.165) is 11.3 Å². The Morgan fingerprint density at radius 3 is 2.67 bits per heavy atom. The fourth-order valence-electron chi connectivity index (χ4n) is 2.76. The van der Waals surface area contributed by atoms with E-state index < -0.39 is 0 Å². The zero-order chi connectivity index (χ0) is 21.3. The number of nitrogens with zero attached hydrogens (tertiary/aromatic N) is 3. The van der Waals surface area contributed by atoms with Crippen LogP contribution in [0.4, 0.5) is 5.69 Å². The topological polar surface area (TPSA) is 114 Å². The van der Waals surface area contributed by atoms with Crippen LogP contribution in [-0.4, -0.2) is 45.2 Å². The van der Waals surface area contributed by atoms with Crippen LogP contribution in [-0.2, 0) is 16.1 Å². The Labute approximate surface area is 178 Å². The Morgan fingerprint density at radius 1 is 1.17 bits per heavy atom. The minimum atomic E-state index is -0.192. The average Bonchev–Trinajstić information content (AvgIpc) is 3.13. The third kappa shape index (κ3) is 5.74.